The van der Waals surface area contributed by atoms with Crippen molar-refractivity contribution >= 4 is 23.1 Å². The summed E-state index contributed by atoms with van der Waals surface area (Å²) in [4.78, 5) is 4.18. The van der Waals surface area contributed by atoms with Gasteiger partial charge in [-0.3, -0.25) is 0 Å². The number of thioether (sulfide) groups is 1. The Bertz CT molecular complexity index is 578. The molecule has 2 aromatic heterocycles. The van der Waals surface area contributed by atoms with Gasteiger partial charge in [0.1, 0.15) is 0 Å². The Morgan fingerprint density at radius 3 is 2.74 bits per heavy atom. The molecule has 0 aliphatic heterocycles. The highest BCUT2D eigenvalue weighted by atomic mass is 32.2. The normalized spacial score (nSPS) is 15.9. The highest BCUT2D eigenvalue weighted by Crippen LogP contribution is 2.39. The molecule has 0 aromatic carbocycles. The van der Waals surface area contributed by atoms with Gasteiger partial charge in [0.05, 0.1) is 5.75 Å². The molecular formula is C9H7F3N4OS2. The Labute approximate surface area is 113 Å². The summed E-state index contributed by atoms with van der Waals surface area (Å²) in [5.74, 6) is 1.77. The lowest BCUT2D eigenvalue weighted by atomic mass is 10.4. The molecule has 1 saturated carbocycles. The molecule has 1 aliphatic carbocycles. The van der Waals surface area contributed by atoms with Crippen molar-refractivity contribution < 1.29 is 17.7 Å². The largest absolute Gasteiger partial charge is 0.445 e. The Hall–Kier alpha value is -1.16. The van der Waals surface area contributed by atoms with E-state index in [-0.39, 0.29) is 4.34 Å². The highest BCUT2D eigenvalue weighted by molar-refractivity contribution is 8.00. The van der Waals surface area contributed by atoms with Gasteiger partial charge >= 0.3 is 6.18 Å². The van der Waals surface area contributed by atoms with Crippen LogP contribution in [0.25, 0.3) is 0 Å². The summed E-state index contributed by atoms with van der Waals surface area (Å²) in [7, 11) is 0. The third-order valence-electron chi connectivity index (χ3n) is 2.38. The number of hydrogen-bond acceptors (Lipinski definition) is 7. The van der Waals surface area contributed by atoms with Gasteiger partial charge in [-0.1, -0.05) is 28.3 Å². The Balaban J connectivity index is 1.60. The molecule has 102 valence electrons. The van der Waals surface area contributed by atoms with Crippen LogP contribution in [-0.4, -0.2) is 20.3 Å². The summed E-state index contributed by atoms with van der Waals surface area (Å²) in [5, 5.41) is 9.41. The lowest BCUT2D eigenvalue weighted by Crippen LogP contribution is -2.03. The van der Waals surface area contributed by atoms with Crippen LogP contribution in [0.15, 0.2) is 8.86 Å². The summed E-state index contributed by atoms with van der Waals surface area (Å²) >= 11 is 1.63. The van der Waals surface area contributed by atoms with Crippen molar-refractivity contribution in [3.05, 3.63) is 16.7 Å². The molecule has 0 N–H and O–H groups in total. The van der Waals surface area contributed by atoms with Crippen molar-refractivity contribution in [1.82, 2.24) is 20.3 Å². The van der Waals surface area contributed by atoms with Crippen LogP contribution in [0.4, 0.5) is 13.2 Å². The van der Waals surface area contributed by atoms with Gasteiger partial charge in [-0.2, -0.15) is 18.2 Å². The standard InChI is InChI=1S/C9H7F3N4OS2/c10-9(11,12)7-14-15-8(19-7)18-3-5-13-6(17-16-5)4-1-2-4/h4H,1-3H2. The molecule has 0 spiro atoms. The van der Waals surface area contributed by atoms with Crippen molar-refractivity contribution in [2.24, 2.45) is 0 Å². The minimum atomic E-state index is -4.44. The van der Waals surface area contributed by atoms with Crippen LogP contribution in [0.2, 0.25) is 0 Å². The van der Waals surface area contributed by atoms with Gasteiger partial charge in [-0.25, -0.2) is 0 Å². The summed E-state index contributed by atoms with van der Waals surface area (Å²) < 4.78 is 42.3. The minimum Gasteiger partial charge on any atom is -0.339 e. The van der Waals surface area contributed by atoms with E-state index in [9.17, 15) is 13.2 Å². The molecule has 2 heterocycles. The second-order valence-corrected chi connectivity index (χ2v) is 6.18. The third-order valence-corrected chi connectivity index (χ3v) is 4.48. The van der Waals surface area contributed by atoms with Crippen LogP contribution in [0.3, 0.4) is 0 Å². The van der Waals surface area contributed by atoms with Crippen molar-refractivity contribution in [2.45, 2.75) is 35.0 Å². The summed E-state index contributed by atoms with van der Waals surface area (Å²) in [6, 6.07) is 0. The molecule has 10 heteroatoms. The zero-order valence-electron chi connectivity index (χ0n) is 9.35. The van der Waals surface area contributed by atoms with E-state index in [0.29, 0.717) is 34.7 Å². The van der Waals surface area contributed by atoms with Crippen LogP contribution in [0.5, 0.6) is 0 Å². The van der Waals surface area contributed by atoms with Crippen molar-refractivity contribution in [1.29, 1.82) is 0 Å². The first-order valence-corrected chi connectivity index (χ1v) is 7.18. The predicted octanol–water partition coefficient (Wildman–Crippen LogP) is 3.11. The smallest absolute Gasteiger partial charge is 0.339 e. The molecule has 1 aliphatic rings. The number of halogens is 3. The zero-order valence-corrected chi connectivity index (χ0v) is 11.0. The summed E-state index contributed by atoms with van der Waals surface area (Å²) in [6.45, 7) is 0. The fourth-order valence-corrected chi connectivity index (χ4v) is 2.89. The minimum absolute atomic E-state index is 0.241. The van der Waals surface area contributed by atoms with Gasteiger partial charge in [0.2, 0.25) is 10.9 Å². The number of rotatable bonds is 4. The van der Waals surface area contributed by atoms with E-state index in [1.807, 2.05) is 0 Å². The number of nitrogens with zero attached hydrogens (tertiary/aromatic N) is 4. The molecule has 19 heavy (non-hydrogen) atoms. The van der Waals surface area contributed by atoms with E-state index in [2.05, 4.69) is 20.3 Å². The van der Waals surface area contributed by atoms with Gasteiger partial charge in [-0.15, -0.1) is 10.2 Å². The second-order valence-electron chi connectivity index (χ2n) is 3.98. The molecule has 0 bridgehead atoms. The van der Waals surface area contributed by atoms with Crippen LogP contribution < -0.4 is 0 Å². The van der Waals surface area contributed by atoms with E-state index < -0.39 is 11.2 Å². The third kappa shape index (κ3) is 3.06. The molecule has 3 rings (SSSR count). The van der Waals surface area contributed by atoms with Gasteiger partial charge in [-0.05, 0) is 12.8 Å². The first-order valence-electron chi connectivity index (χ1n) is 5.38. The first kappa shape index (κ1) is 12.9. The first-order chi connectivity index (χ1) is 9.02. The van der Waals surface area contributed by atoms with Crippen molar-refractivity contribution in [3.8, 4) is 0 Å². The molecular weight excluding hydrogens is 301 g/mol. The van der Waals surface area contributed by atoms with E-state index in [0.717, 1.165) is 24.6 Å². The molecule has 0 atom stereocenters. The highest BCUT2D eigenvalue weighted by Gasteiger charge is 2.35. The van der Waals surface area contributed by atoms with E-state index >= 15 is 0 Å². The Kier molecular flexibility index (Phi) is 3.21. The summed E-state index contributed by atoms with van der Waals surface area (Å²) in [6.07, 6.45) is -2.33. The Morgan fingerprint density at radius 1 is 1.32 bits per heavy atom. The van der Waals surface area contributed by atoms with Crippen molar-refractivity contribution in [2.75, 3.05) is 0 Å². The molecule has 0 amide bonds. The maximum atomic E-state index is 12.3. The second kappa shape index (κ2) is 4.75. The zero-order chi connectivity index (χ0) is 13.5. The molecule has 0 radical (unpaired) electrons. The molecule has 0 saturated heterocycles. The number of alkyl halides is 3. The lowest BCUT2D eigenvalue weighted by molar-refractivity contribution is -0.138. The van der Waals surface area contributed by atoms with Crippen molar-refractivity contribution in [3.63, 3.8) is 0 Å². The molecule has 2 aromatic rings. The quantitative estimate of drug-likeness (QED) is 0.809. The fraction of sp³-hybridized carbons (Fsp3) is 0.556. The lowest BCUT2D eigenvalue weighted by Gasteiger charge is -1.97. The predicted molar refractivity (Wildman–Crippen MR) is 60.7 cm³/mol. The van der Waals surface area contributed by atoms with Crippen LogP contribution >= 0.6 is 23.1 Å². The maximum Gasteiger partial charge on any atom is 0.445 e. The van der Waals surface area contributed by atoms with Gasteiger partial charge in [0, 0.05) is 5.92 Å². The van der Waals surface area contributed by atoms with Gasteiger partial charge in [0.25, 0.3) is 0 Å². The van der Waals surface area contributed by atoms with Crippen LogP contribution in [0, 0.1) is 0 Å². The maximum absolute atomic E-state index is 12.3. The topological polar surface area (TPSA) is 64.7 Å². The average Bonchev–Trinajstić information content (AvgIpc) is 2.91. The SMILES string of the molecule is FC(F)(F)c1nnc(SCc2noc(C3CC3)n2)s1. The molecule has 0 unspecified atom stereocenters. The van der Waals surface area contributed by atoms with Gasteiger partial charge < -0.3 is 4.52 Å². The fourth-order valence-electron chi connectivity index (χ4n) is 1.33. The van der Waals surface area contributed by atoms with Gasteiger partial charge in [0.15, 0.2) is 10.2 Å². The summed E-state index contributed by atoms with van der Waals surface area (Å²) in [5.41, 5.74) is 0. The van der Waals surface area contributed by atoms with Crippen LogP contribution in [-0.2, 0) is 11.9 Å². The van der Waals surface area contributed by atoms with Crippen LogP contribution in [0.1, 0.15) is 35.5 Å². The number of hydrogen-bond donors (Lipinski definition) is 0. The Morgan fingerprint density at radius 2 is 2.11 bits per heavy atom. The van der Waals surface area contributed by atoms with E-state index in [4.69, 9.17) is 4.52 Å². The monoisotopic (exact) mass is 308 g/mol. The molecule has 5 nitrogen and oxygen atoms in total. The molecule has 1 fully saturated rings. The van der Waals surface area contributed by atoms with E-state index in [1.54, 1.807) is 0 Å². The van der Waals surface area contributed by atoms with E-state index in [1.165, 1.54) is 0 Å². The number of aromatic nitrogens is 4. The average molecular weight is 308 g/mol.